The molecule has 0 N–H and O–H groups in total. The highest BCUT2D eigenvalue weighted by Gasteiger charge is 2.43. The Morgan fingerprint density at radius 1 is 0.635 bits per heavy atom. The minimum absolute atomic E-state index is 0.273. The van der Waals surface area contributed by atoms with E-state index in [1.807, 2.05) is 48.5 Å². The Morgan fingerprint density at radius 3 is 1.94 bits per heavy atom. The number of fused-ring (bicyclic) bond motifs is 2. The lowest BCUT2D eigenvalue weighted by atomic mass is 9.79. The second-order valence-electron chi connectivity index (χ2n) is 12.2. The number of methoxy groups -OCH3 is 8. The minimum atomic E-state index is -0.821. The van der Waals surface area contributed by atoms with Crippen molar-refractivity contribution in [2.24, 2.45) is 0 Å². The molecule has 0 unspecified atom stereocenters. The fourth-order valence-electron chi connectivity index (χ4n) is 7.22. The molecule has 12 nitrogen and oxygen atoms in total. The Morgan fingerprint density at radius 2 is 1.31 bits per heavy atom. The summed E-state index contributed by atoms with van der Waals surface area (Å²) in [5.74, 6) is 4.60. The Hall–Kier alpha value is -5.65. The first kappa shape index (κ1) is 36.2. The van der Waals surface area contributed by atoms with Gasteiger partial charge in [-0.3, -0.25) is 4.79 Å². The number of esters is 1. The van der Waals surface area contributed by atoms with Crippen LogP contribution >= 0.6 is 0 Å². The van der Waals surface area contributed by atoms with E-state index in [0.717, 1.165) is 22.3 Å². The lowest BCUT2D eigenvalue weighted by Gasteiger charge is -2.39. The zero-order valence-electron chi connectivity index (χ0n) is 30.8. The van der Waals surface area contributed by atoms with Crippen molar-refractivity contribution in [2.45, 2.75) is 44.0 Å². The summed E-state index contributed by atoms with van der Waals surface area (Å²) >= 11 is 0. The summed E-state index contributed by atoms with van der Waals surface area (Å²) in [6.45, 7) is 1.37. The lowest BCUT2D eigenvalue weighted by Crippen LogP contribution is -2.35. The van der Waals surface area contributed by atoms with Crippen molar-refractivity contribution in [1.82, 2.24) is 0 Å². The molecule has 0 amide bonds. The Balaban J connectivity index is 1.57. The predicted molar refractivity (Wildman–Crippen MR) is 191 cm³/mol. The van der Waals surface area contributed by atoms with Crippen LogP contribution in [-0.2, 0) is 16.0 Å². The molecule has 0 spiro atoms. The van der Waals surface area contributed by atoms with Gasteiger partial charge in [0.05, 0.1) is 56.9 Å². The number of rotatable bonds is 12. The maximum atomic E-state index is 12.5. The molecule has 276 valence electrons. The van der Waals surface area contributed by atoms with Gasteiger partial charge >= 0.3 is 5.97 Å². The van der Waals surface area contributed by atoms with Crippen molar-refractivity contribution >= 4 is 5.97 Å². The summed E-state index contributed by atoms with van der Waals surface area (Å²) in [7, 11) is 12.6. The van der Waals surface area contributed by atoms with Crippen LogP contribution in [0.25, 0.3) is 0 Å². The highest BCUT2D eigenvalue weighted by molar-refractivity contribution is 5.68. The molecule has 0 bridgehead atoms. The normalized spacial score (nSPS) is 18.7. The van der Waals surface area contributed by atoms with Gasteiger partial charge in [0.15, 0.2) is 29.1 Å². The average Bonchev–Trinajstić information content (AvgIpc) is 3.17. The first-order chi connectivity index (χ1) is 25.2. The third kappa shape index (κ3) is 6.49. The molecule has 0 aromatic heterocycles. The van der Waals surface area contributed by atoms with E-state index >= 15 is 0 Å². The van der Waals surface area contributed by atoms with Crippen molar-refractivity contribution in [3.05, 3.63) is 82.4 Å². The number of carbonyl (C=O) groups excluding carboxylic acids is 1. The fourth-order valence-corrected chi connectivity index (χ4v) is 7.22. The van der Waals surface area contributed by atoms with Crippen LogP contribution in [0.4, 0.5) is 0 Å². The van der Waals surface area contributed by atoms with Crippen LogP contribution in [0, 0.1) is 0 Å². The van der Waals surface area contributed by atoms with Crippen molar-refractivity contribution in [1.29, 1.82) is 0 Å². The predicted octanol–water partition coefficient (Wildman–Crippen LogP) is 7.02. The molecular formula is C40H44O12. The van der Waals surface area contributed by atoms with Crippen LogP contribution in [0.3, 0.4) is 0 Å². The zero-order valence-corrected chi connectivity index (χ0v) is 30.8. The van der Waals surface area contributed by atoms with Gasteiger partial charge in [-0.15, -0.1) is 0 Å². The fraction of sp³-hybridized carbons (Fsp3) is 0.375. The molecule has 52 heavy (non-hydrogen) atoms. The van der Waals surface area contributed by atoms with Gasteiger partial charge in [0, 0.05) is 53.6 Å². The number of ether oxygens (including phenoxy) is 11. The molecule has 2 aliphatic rings. The monoisotopic (exact) mass is 716 g/mol. The second kappa shape index (κ2) is 15.3. The van der Waals surface area contributed by atoms with Crippen LogP contribution in [0.2, 0.25) is 0 Å². The quantitative estimate of drug-likeness (QED) is 0.140. The summed E-state index contributed by atoms with van der Waals surface area (Å²) in [4.78, 5) is 12.5. The van der Waals surface area contributed by atoms with E-state index in [1.54, 1.807) is 48.7 Å². The molecule has 0 aliphatic carbocycles. The average molecular weight is 717 g/mol. The van der Waals surface area contributed by atoms with Gasteiger partial charge in [-0.2, -0.15) is 0 Å². The summed E-state index contributed by atoms with van der Waals surface area (Å²) in [5.41, 5.74) is 3.91. The van der Waals surface area contributed by atoms with Crippen molar-refractivity contribution in [2.75, 3.05) is 56.9 Å². The van der Waals surface area contributed by atoms with E-state index in [2.05, 4.69) is 0 Å². The second-order valence-corrected chi connectivity index (χ2v) is 12.2. The molecule has 2 aliphatic heterocycles. The Bertz CT molecular complexity index is 1940. The lowest BCUT2D eigenvalue weighted by molar-refractivity contribution is -0.152. The van der Waals surface area contributed by atoms with Crippen molar-refractivity contribution < 1.29 is 56.9 Å². The highest BCUT2D eigenvalue weighted by atomic mass is 16.6. The molecular weight excluding hydrogens is 672 g/mol. The van der Waals surface area contributed by atoms with Crippen LogP contribution in [0.5, 0.6) is 57.5 Å². The van der Waals surface area contributed by atoms with Crippen LogP contribution in [-0.4, -0.2) is 69.0 Å². The Kier molecular flexibility index (Phi) is 10.6. The summed E-state index contributed by atoms with van der Waals surface area (Å²) < 4.78 is 65.6. The largest absolute Gasteiger partial charge is 0.497 e. The van der Waals surface area contributed by atoms with Gasteiger partial charge in [0.2, 0.25) is 5.75 Å². The summed E-state index contributed by atoms with van der Waals surface area (Å²) in [6, 6.07) is 17.0. The molecule has 4 aromatic rings. The molecule has 6 rings (SSSR count). The maximum Gasteiger partial charge on any atom is 0.303 e. The minimum Gasteiger partial charge on any atom is -0.497 e. The first-order valence-electron chi connectivity index (χ1n) is 16.7. The molecule has 4 aromatic carbocycles. The standard InChI is InChI=1S/C40H44O12/c1-21(41)50-35-19-27-31(45-5)20-34(47-7)36(38(27)52-37(35)25-13-15-29(44-4)40(49-9)39(25)48-8)26-18-30(22-10-14-28(43-3)33(16-22)46-6)51-32-17-23(42-2)11-12-24(26)32/h10-17,20,26,30,35,37H,18-19H2,1-9H3/t26-,30-,35-,37-/m1/s1. The zero-order chi connectivity index (χ0) is 37.1. The Labute approximate surface area is 303 Å². The van der Waals surface area contributed by atoms with Crippen LogP contribution < -0.4 is 47.4 Å². The highest BCUT2D eigenvalue weighted by Crippen LogP contribution is 2.57. The molecule has 0 saturated heterocycles. The topological polar surface area (TPSA) is 119 Å². The van der Waals surface area contributed by atoms with Crippen molar-refractivity contribution in [3.63, 3.8) is 0 Å². The van der Waals surface area contributed by atoms with Crippen molar-refractivity contribution in [3.8, 4) is 57.5 Å². The number of hydrogen-bond acceptors (Lipinski definition) is 12. The molecule has 12 heteroatoms. The van der Waals surface area contributed by atoms with E-state index in [1.165, 1.54) is 21.1 Å². The van der Waals surface area contributed by atoms with Gasteiger partial charge in [-0.1, -0.05) is 12.1 Å². The van der Waals surface area contributed by atoms with Crippen LogP contribution in [0.1, 0.15) is 59.3 Å². The number of hydrogen-bond donors (Lipinski definition) is 0. The maximum absolute atomic E-state index is 12.5. The molecule has 4 atom stereocenters. The van der Waals surface area contributed by atoms with Gasteiger partial charge in [-0.25, -0.2) is 0 Å². The van der Waals surface area contributed by atoms with Gasteiger partial charge in [-0.05, 0) is 42.3 Å². The number of benzene rings is 4. The molecule has 0 radical (unpaired) electrons. The van der Waals surface area contributed by atoms with E-state index in [0.29, 0.717) is 69.5 Å². The van der Waals surface area contributed by atoms with E-state index in [4.69, 9.17) is 52.1 Å². The van der Waals surface area contributed by atoms with Crippen LogP contribution in [0.15, 0.2) is 54.6 Å². The molecule has 2 heterocycles. The van der Waals surface area contributed by atoms with Gasteiger partial charge < -0.3 is 52.1 Å². The smallest absolute Gasteiger partial charge is 0.303 e. The SMILES string of the molecule is COc1ccc2c(c1)O[C@@H](c1ccc(OC)c(OC)c1)C[C@H]2c1c(OC)cc(OC)c2c1O[C@H](c1ccc(OC)c(OC)c1OC)[C@H](OC(C)=O)C2. The van der Waals surface area contributed by atoms with E-state index < -0.39 is 24.3 Å². The first-order valence-corrected chi connectivity index (χ1v) is 16.7. The third-order valence-electron chi connectivity index (χ3n) is 9.57. The van der Waals surface area contributed by atoms with E-state index in [-0.39, 0.29) is 12.3 Å². The summed E-state index contributed by atoms with van der Waals surface area (Å²) in [5, 5.41) is 0. The summed E-state index contributed by atoms with van der Waals surface area (Å²) in [6.07, 6.45) is -1.21. The molecule has 0 fully saturated rings. The van der Waals surface area contributed by atoms with E-state index in [9.17, 15) is 4.79 Å². The number of carbonyl (C=O) groups is 1. The molecule has 0 saturated carbocycles. The van der Waals surface area contributed by atoms with Gasteiger partial charge in [0.1, 0.15) is 41.0 Å². The van der Waals surface area contributed by atoms with Gasteiger partial charge in [0.25, 0.3) is 0 Å². The third-order valence-corrected chi connectivity index (χ3v) is 9.57.